The van der Waals surface area contributed by atoms with Crippen molar-refractivity contribution in [2.24, 2.45) is 12.2 Å². The van der Waals surface area contributed by atoms with Gasteiger partial charge in [0, 0.05) is 33.5 Å². The number of hydrogen-bond donors (Lipinski definition) is 1. The second-order valence-corrected chi connectivity index (χ2v) is 7.52. The Kier molecular flexibility index (Phi) is 8.14. The molecule has 0 spiro atoms. The number of cyclic esters (lactones) is 1. The molecule has 1 aliphatic rings. The average molecular weight is 452 g/mol. The first-order chi connectivity index (χ1) is 14.6. The predicted octanol–water partition coefficient (Wildman–Crippen LogP) is 1.26. The Bertz CT molecular complexity index is 1050. The number of benzene rings is 1. The summed E-state index contributed by atoms with van der Waals surface area (Å²) in [6.07, 6.45) is -0.761. The van der Waals surface area contributed by atoms with E-state index in [4.69, 9.17) is 9.57 Å². The van der Waals surface area contributed by atoms with Crippen molar-refractivity contribution in [2.45, 2.75) is 26.9 Å². The van der Waals surface area contributed by atoms with Crippen LogP contribution < -0.4 is 15.0 Å². The molecule has 0 aliphatic carbocycles. The van der Waals surface area contributed by atoms with E-state index in [1.165, 1.54) is 39.2 Å². The molecule has 12 heteroatoms. The molecule has 0 radical (unpaired) electrons. The maximum absolute atomic E-state index is 12.1. The number of esters is 2. The van der Waals surface area contributed by atoms with E-state index in [1.807, 2.05) is 29.8 Å². The van der Waals surface area contributed by atoms with Gasteiger partial charge in [-0.15, -0.1) is 0 Å². The molecule has 1 atom stereocenters. The zero-order chi connectivity index (χ0) is 23.1. The summed E-state index contributed by atoms with van der Waals surface area (Å²) in [5.74, 6) is -1.27. The molecular formula is C19H24N4O7S. The lowest BCUT2D eigenvalue weighted by Crippen LogP contribution is -2.33. The van der Waals surface area contributed by atoms with Crippen molar-refractivity contribution in [2.75, 3.05) is 25.1 Å². The number of ether oxygens (including phenoxy) is 2. The summed E-state index contributed by atoms with van der Waals surface area (Å²) in [6.45, 7) is 4.51. The van der Waals surface area contributed by atoms with Gasteiger partial charge in [-0.25, -0.2) is 4.79 Å². The van der Waals surface area contributed by atoms with Crippen LogP contribution >= 0.6 is 11.3 Å². The lowest BCUT2D eigenvalue weighted by Gasteiger charge is -2.13. The number of amides is 2. The van der Waals surface area contributed by atoms with Crippen molar-refractivity contribution in [3.05, 3.63) is 23.0 Å². The van der Waals surface area contributed by atoms with Gasteiger partial charge in [0.2, 0.25) is 10.7 Å². The maximum Gasteiger partial charge on any atom is 0.414 e. The van der Waals surface area contributed by atoms with Crippen LogP contribution in [0.2, 0.25) is 0 Å². The zero-order valence-electron chi connectivity index (χ0n) is 17.8. The summed E-state index contributed by atoms with van der Waals surface area (Å²) in [6, 6.07) is 5.73. The number of thiazole rings is 1. The van der Waals surface area contributed by atoms with E-state index in [-0.39, 0.29) is 12.0 Å². The topological polar surface area (TPSA) is 129 Å². The molecule has 0 unspecified atom stereocenters. The van der Waals surface area contributed by atoms with Gasteiger partial charge in [0.25, 0.3) is 0 Å². The molecule has 2 amide bonds. The van der Waals surface area contributed by atoms with Crippen molar-refractivity contribution in [1.29, 1.82) is 0 Å². The highest BCUT2D eigenvalue weighted by molar-refractivity contribution is 7.16. The molecular weight excluding hydrogens is 428 g/mol. The van der Waals surface area contributed by atoms with Crippen LogP contribution in [-0.2, 0) is 35.7 Å². The molecule has 3 rings (SSSR count). The third kappa shape index (κ3) is 6.54. The summed E-state index contributed by atoms with van der Waals surface area (Å²) in [5, 5.41) is 6.64. The lowest BCUT2D eigenvalue weighted by molar-refractivity contribution is -0.156. The molecule has 1 N–H and O–H groups in total. The average Bonchev–Trinajstić information content (AvgIpc) is 3.19. The molecule has 31 heavy (non-hydrogen) atoms. The van der Waals surface area contributed by atoms with Gasteiger partial charge in [0.05, 0.1) is 23.3 Å². The van der Waals surface area contributed by atoms with Crippen LogP contribution in [-0.4, -0.2) is 54.8 Å². The van der Waals surface area contributed by atoms with Crippen molar-refractivity contribution >= 4 is 51.2 Å². The van der Waals surface area contributed by atoms with Gasteiger partial charge in [-0.2, -0.15) is 0 Å². The Labute approximate surface area is 182 Å². The fourth-order valence-electron chi connectivity index (χ4n) is 2.76. The van der Waals surface area contributed by atoms with Gasteiger partial charge in [-0.05, 0) is 18.2 Å². The third-order valence-corrected chi connectivity index (χ3v) is 5.09. The van der Waals surface area contributed by atoms with Gasteiger partial charge < -0.3 is 24.2 Å². The number of hydrogen-bond acceptors (Lipinski definition) is 9. The molecule has 1 aromatic heterocycles. The standard InChI is InChI=1S/C15H18N4O4S.C4H6O3/c1-9(20)16-7-11-8-19(15(21)23-11)10-4-5-12-13(6-10)24-14(17-22-3)18(12)2;1-3(5)7-4(2)6/h4-6,11H,7-8H2,1-3H3,(H,16,20);1-2H3/t11-;/m0./s1. The SMILES string of the molecule is CC(=O)OC(C)=O.CON=c1sc2cc(N3C[C@H](CNC(C)=O)OC3=O)ccc2n1C. The molecule has 11 nitrogen and oxygen atoms in total. The highest BCUT2D eigenvalue weighted by Gasteiger charge is 2.32. The Morgan fingerprint density at radius 3 is 2.48 bits per heavy atom. The number of nitrogens with one attached hydrogen (secondary N) is 1. The van der Waals surface area contributed by atoms with Crippen LogP contribution in [0.15, 0.2) is 23.4 Å². The number of nitrogens with zero attached hydrogens (tertiary/aromatic N) is 3. The Morgan fingerprint density at radius 1 is 1.26 bits per heavy atom. The second-order valence-electron chi connectivity index (χ2n) is 6.51. The minimum atomic E-state index is -0.562. The number of fused-ring (bicyclic) bond motifs is 1. The third-order valence-electron chi connectivity index (χ3n) is 4.01. The molecule has 0 bridgehead atoms. The van der Waals surface area contributed by atoms with E-state index in [1.54, 1.807) is 4.90 Å². The first-order valence-electron chi connectivity index (χ1n) is 9.20. The monoisotopic (exact) mass is 452 g/mol. The molecule has 2 aromatic rings. The number of anilines is 1. The molecule has 2 heterocycles. The van der Waals surface area contributed by atoms with Gasteiger partial charge in [0.1, 0.15) is 13.2 Å². The first kappa shape index (κ1) is 23.9. The molecule has 1 aliphatic heterocycles. The van der Waals surface area contributed by atoms with E-state index >= 15 is 0 Å². The van der Waals surface area contributed by atoms with Crippen molar-refractivity contribution in [3.63, 3.8) is 0 Å². The molecule has 168 valence electrons. The quantitative estimate of drug-likeness (QED) is 0.420. The van der Waals surface area contributed by atoms with Crippen molar-refractivity contribution in [1.82, 2.24) is 9.88 Å². The minimum absolute atomic E-state index is 0.147. The Balaban J connectivity index is 0.000000423. The van der Waals surface area contributed by atoms with Crippen LogP contribution in [0, 0.1) is 0 Å². The summed E-state index contributed by atoms with van der Waals surface area (Å²) >= 11 is 1.47. The van der Waals surface area contributed by atoms with Crippen LogP contribution in [0.25, 0.3) is 10.2 Å². The maximum atomic E-state index is 12.1. The van der Waals surface area contributed by atoms with E-state index in [0.29, 0.717) is 13.1 Å². The summed E-state index contributed by atoms with van der Waals surface area (Å²) in [5.41, 5.74) is 1.76. The number of rotatable bonds is 4. The molecule has 1 aromatic carbocycles. The normalized spacial score (nSPS) is 15.8. The number of carbonyl (C=O) groups excluding carboxylic acids is 4. The second kappa shape index (κ2) is 10.6. The highest BCUT2D eigenvalue weighted by Crippen LogP contribution is 2.27. The van der Waals surface area contributed by atoms with Crippen LogP contribution in [0.5, 0.6) is 0 Å². The molecule has 1 saturated heterocycles. The Hall–Kier alpha value is -3.41. The fourth-order valence-corrected chi connectivity index (χ4v) is 3.79. The lowest BCUT2D eigenvalue weighted by atomic mass is 10.2. The fraction of sp³-hybridized carbons (Fsp3) is 0.421. The highest BCUT2D eigenvalue weighted by atomic mass is 32.1. The smallest absolute Gasteiger partial charge is 0.414 e. The molecule has 0 saturated carbocycles. The number of aromatic nitrogens is 1. The Morgan fingerprint density at radius 2 is 1.94 bits per heavy atom. The van der Waals surface area contributed by atoms with Crippen LogP contribution in [0.3, 0.4) is 0 Å². The van der Waals surface area contributed by atoms with E-state index in [2.05, 4.69) is 15.2 Å². The zero-order valence-corrected chi connectivity index (χ0v) is 18.6. The summed E-state index contributed by atoms with van der Waals surface area (Å²) in [7, 11) is 3.41. The number of aryl methyl sites for hydroxylation is 1. The largest absolute Gasteiger partial charge is 0.442 e. The molecule has 1 fully saturated rings. The van der Waals surface area contributed by atoms with Gasteiger partial charge in [-0.3, -0.25) is 19.3 Å². The van der Waals surface area contributed by atoms with Crippen LogP contribution in [0.1, 0.15) is 20.8 Å². The van der Waals surface area contributed by atoms with Crippen LogP contribution in [0.4, 0.5) is 10.5 Å². The number of carbonyl (C=O) groups is 4. The van der Waals surface area contributed by atoms with E-state index in [9.17, 15) is 19.2 Å². The van der Waals surface area contributed by atoms with Crippen molar-refractivity contribution in [3.8, 4) is 0 Å². The van der Waals surface area contributed by atoms with E-state index < -0.39 is 18.0 Å². The first-order valence-corrected chi connectivity index (χ1v) is 10.0. The summed E-state index contributed by atoms with van der Waals surface area (Å²) < 4.78 is 12.2. The van der Waals surface area contributed by atoms with E-state index in [0.717, 1.165) is 20.7 Å². The van der Waals surface area contributed by atoms with Gasteiger partial charge >= 0.3 is 18.0 Å². The van der Waals surface area contributed by atoms with Gasteiger partial charge in [-0.1, -0.05) is 16.5 Å². The van der Waals surface area contributed by atoms with Gasteiger partial charge in [0.15, 0.2) is 0 Å². The van der Waals surface area contributed by atoms with Crippen molar-refractivity contribution < 1.29 is 33.5 Å². The minimum Gasteiger partial charge on any atom is -0.442 e. The predicted molar refractivity (Wildman–Crippen MR) is 112 cm³/mol. The summed E-state index contributed by atoms with van der Waals surface area (Å²) in [4.78, 5) is 49.8.